The molecule has 1 aliphatic heterocycles. The van der Waals surface area contributed by atoms with Gasteiger partial charge in [0.2, 0.25) is 5.91 Å². The Morgan fingerprint density at radius 1 is 1.52 bits per heavy atom. The average molecular weight is 286 g/mol. The molecule has 0 bridgehead atoms. The molecule has 1 fully saturated rings. The van der Waals surface area contributed by atoms with E-state index in [1.165, 1.54) is 0 Å². The van der Waals surface area contributed by atoms with Crippen molar-refractivity contribution >= 4 is 11.6 Å². The van der Waals surface area contributed by atoms with Crippen molar-refractivity contribution in [1.29, 1.82) is 5.26 Å². The van der Waals surface area contributed by atoms with Gasteiger partial charge in [-0.1, -0.05) is 19.1 Å². The molecule has 3 N–H and O–H groups in total. The second kappa shape index (κ2) is 7.21. The van der Waals surface area contributed by atoms with Crippen molar-refractivity contribution in [2.75, 3.05) is 25.0 Å². The first kappa shape index (κ1) is 15.5. The number of nitrogens with one attached hydrogen (secondary N) is 1. The van der Waals surface area contributed by atoms with E-state index in [9.17, 15) is 4.79 Å². The molecule has 0 aromatic heterocycles. The van der Waals surface area contributed by atoms with E-state index in [1.54, 1.807) is 18.2 Å². The van der Waals surface area contributed by atoms with Gasteiger partial charge in [0, 0.05) is 25.6 Å². The zero-order chi connectivity index (χ0) is 15.2. The van der Waals surface area contributed by atoms with Crippen LogP contribution >= 0.6 is 0 Å². The van der Waals surface area contributed by atoms with Gasteiger partial charge in [-0.2, -0.15) is 5.26 Å². The number of hydrogen-bond acceptors (Lipinski definition) is 4. The first-order valence-corrected chi connectivity index (χ1v) is 7.37. The summed E-state index contributed by atoms with van der Waals surface area (Å²) in [5.41, 5.74) is 7.12. The van der Waals surface area contributed by atoms with Crippen molar-refractivity contribution in [3.8, 4) is 6.07 Å². The standard InChI is InChI=1S/C16H22N4O/c1-12-6-8-20(11-14(12)18)9-7-16(21)19-15-5-3-2-4-13(15)10-17/h2-5,12,14H,6-9,11,18H2,1H3,(H,19,21). The summed E-state index contributed by atoms with van der Waals surface area (Å²) in [5.74, 6) is 0.488. The molecule has 0 aliphatic carbocycles. The minimum absolute atomic E-state index is 0.0649. The highest BCUT2D eigenvalue weighted by Crippen LogP contribution is 2.16. The zero-order valence-corrected chi connectivity index (χ0v) is 12.4. The van der Waals surface area contributed by atoms with Crippen molar-refractivity contribution in [2.24, 2.45) is 11.7 Å². The number of carbonyl (C=O) groups excluding carboxylic acids is 1. The lowest BCUT2D eigenvalue weighted by molar-refractivity contribution is -0.116. The molecule has 1 aromatic carbocycles. The fourth-order valence-electron chi connectivity index (χ4n) is 2.53. The quantitative estimate of drug-likeness (QED) is 0.880. The normalized spacial score (nSPS) is 22.5. The molecule has 5 heteroatoms. The summed E-state index contributed by atoms with van der Waals surface area (Å²) >= 11 is 0. The van der Waals surface area contributed by atoms with Crippen LogP contribution in [0.15, 0.2) is 24.3 Å². The van der Waals surface area contributed by atoms with E-state index in [2.05, 4.69) is 23.2 Å². The first-order chi connectivity index (χ1) is 10.1. The van der Waals surface area contributed by atoms with E-state index in [0.717, 1.165) is 19.5 Å². The van der Waals surface area contributed by atoms with Crippen LogP contribution in [-0.2, 0) is 4.79 Å². The summed E-state index contributed by atoms with van der Waals surface area (Å²) in [6.07, 6.45) is 1.50. The van der Waals surface area contributed by atoms with Crippen LogP contribution in [-0.4, -0.2) is 36.5 Å². The number of likely N-dealkylation sites (tertiary alicyclic amines) is 1. The highest BCUT2D eigenvalue weighted by Gasteiger charge is 2.23. The maximum atomic E-state index is 12.0. The Kier molecular flexibility index (Phi) is 5.32. The molecule has 1 heterocycles. The lowest BCUT2D eigenvalue weighted by Gasteiger charge is -2.34. The summed E-state index contributed by atoms with van der Waals surface area (Å²) in [6, 6.07) is 9.30. The maximum absolute atomic E-state index is 12.0. The average Bonchev–Trinajstić information content (AvgIpc) is 2.49. The largest absolute Gasteiger partial charge is 0.326 e. The minimum Gasteiger partial charge on any atom is -0.326 e. The van der Waals surface area contributed by atoms with Crippen molar-refractivity contribution < 1.29 is 4.79 Å². The van der Waals surface area contributed by atoms with Gasteiger partial charge >= 0.3 is 0 Å². The van der Waals surface area contributed by atoms with E-state index in [4.69, 9.17) is 11.0 Å². The van der Waals surface area contributed by atoms with Gasteiger partial charge in [0.1, 0.15) is 6.07 Å². The number of amides is 1. The smallest absolute Gasteiger partial charge is 0.225 e. The summed E-state index contributed by atoms with van der Waals surface area (Å²) in [5, 5.41) is 11.8. The third-order valence-corrected chi connectivity index (χ3v) is 4.08. The molecule has 2 atom stereocenters. The molecule has 1 aromatic rings. The number of piperidine rings is 1. The van der Waals surface area contributed by atoms with Gasteiger partial charge in [-0.05, 0) is 31.0 Å². The fourth-order valence-corrected chi connectivity index (χ4v) is 2.53. The number of nitrogens with two attached hydrogens (primary N) is 1. The Hall–Kier alpha value is -1.90. The third-order valence-electron chi connectivity index (χ3n) is 4.08. The molecular formula is C16H22N4O. The summed E-state index contributed by atoms with van der Waals surface area (Å²) in [7, 11) is 0. The molecule has 21 heavy (non-hydrogen) atoms. The number of para-hydroxylation sites is 1. The van der Waals surface area contributed by atoms with Crippen LogP contribution in [0.25, 0.3) is 0 Å². The summed E-state index contributed by atoms with van der Waals surface area (Å²) < 4.78 is 0. The Morgan fingerprint density at radius 3 is 3.00 bits per heavy atom. The minimum atomic E-state index is -0.0649. The van der Waals surface area contributed by atoms with Gasteiger partial charge in [-0.15, -0.1) is 0 Å². The fraction of sp³-hybridized carbons (Fsp3) is 0.500. The van der Waals surface area contributed by atoms with Gasteiger partial charge < -0.3 is 16.0 Å². The second-order valence-electron chi connectivity index (χ2n) is 5.69. The molecule has 112 valence electrons. The van der Waals surface area contributed by atoms with Crippen molar-refractivity contribution in [3.05, 3.63) is 29.8 Å². The van der Waals surface area contributed by atoms with Crippen LogP contribution in [0.1, 0.15) is 25.3 Å². The van der Waals surface area contributed by atoms with Crippen molar-refractivity contribution in [3.63, 3.8) is 0 Å². The lowest BCUT2D eigenvalue weighted by atomic mass is 9.94. The molecule has 1 aliphatic rings. The predicted octanol–water partition coefficient (Wildman–Crippen LogP) is 1.56. The molecule has 1 amide bonds. The lowest BCUT2D eigenvalue weighted by Crippen LogP contribution is -2.48. The van der Waals surface area contributed by atoms with Gasteiger partial charge in [0.25, 0.3) is 0 Å². The second-order valence-corrected chi connectivity index (χ2v) is 5.69. The summed E-state index contributed by atoms with van der Waals surface area (Å²) in [4.78, 5) is 14.2. The molecule has 0 saturated carbocycles. The number of hydrogen-bond donors (Lipinski definition) is 2. The van der Waals surface area contributed by atoms with Crippen LogP contribution < -0.4 is 11.1 Å². The van der Waals surface area contributed by atoms with E-state index in [-0.39, 0.29) is 11.9 Å². The Balaban J connectivity index is 1.82. The molecule has 5 nitrogen and oxygen atoms in total. The van der Waals surface area contributed by atoms with Gasteiger partial charge in [-0.25, -0.2) is 0 Å². The van der Waals surface area contributed by atoms with Crippen LogP contribution in [0.3, 0.4) is 0 Å². The monoisotopic (exact) mass is 286 g/mol. The molecular weight excluding hydrogens is 264 g/mol. The van der Waals surface area contributed by atoms with E-state index >= 15 is 0 Å². The molecule has 2 unspecified atom stereocenters. The topological polar surface area (TPSA) is 82.2 Å². The number of rotatable bonds is 4. The Labute approximate surface area is 125 Å². The Bertz CT molecular complexity index is 537. The number of benzene rings is 1. The number of nitrogens with zero attached hydrogens (tertiary/aromatic N) is 2. The van der Waals surface area contributed by atoms with Crippen LogP contribution in [0.4, 0.5) is 5.69 Å². The molecule has 0 radical (unpaired) electrons. The number of carbonyl (C=O) groups is 1. The third kappa shape index (κ3) is 4.28. The molecule has 2 rings (SSSR count). The molecule has 0 spiro atoms. The first-order valence-electron chi connectivity index (χ1n) is 7.37. The van der Waals surface area contributed by atoms with Crippen molar-refractivity contribution in [1.82, 2.24) is 4.90 Å². The zero-order valence-electron chi connectivity index (χ0n) is 12.4. The highest BCUT2D eigenvalue weighted by molar-refractivity contribution is 5.92. The highest BCUT2D eigenvalue weighted by atomic mass is 16.1. The van der Waals surface area contributed by atoms with E-state index in [1.807, 2.05) is 6.07 Å². The molecule has 1 saturated heterocycles. The summed E-state index contributed by atoms with van der Waals surface area (Å²) in [6.45, 7) is 4.73. The van der Waals surface area contributed by atoms with E-state index < -0.39 is 0 Å². The van der Waals surface area contributed by atoms with Gasteiger partial charge in [-0.3, -0.25) is 4.79 Å². The van der Waals surface area contributed by atoms with Crippen LogP contribution in [0, 0.1) is 17.2 Å². The predicted molar refractivity (Wildman–Crippen MR) is 82.6 cm³/mol. The van der Waals surface area contributed by atoms with Crippen molar-refractivity contribution in [2.45, 2.75) is 25.8 Å². The Morgan fingerprint density at radius 2 is 2.29 bits per heavy atom. The van der Waals surface area contributed by atoms with Crippen LogP contribution in [0.2, 0.25) is 0 Å². The van der Waals surface area contributed by atoms with Gasteiger partial charge in [0.15, 0.2) is 0 Å². The number of anilines is 1. The SMILES string of the molecule is CC1CCN(CCC(=O)Nc2ccccc2C#N)CC1N. The van der Waals surface area contributed by atoms with E-state index in [0.29, 0.717) is 30.1 Å². The van der Waals surface area contributed by atoms with Crippen LogP contribution in [0.5, 0.6) is 0 Å². The maximum Gasteiger partial charge on any atom is 0.225 e. The number of nitriles is 1. The van der Waals surface area contributed by atoms with Gasteiger partial charge in [0.05, 0.1) is 11.3 Å².